The number of carbonyl (C=O) groups excluding carboxylic acids is 1. The van der Waals surface area contributed by atoms with Crippen molar-refractivity contribution in [3.8, 4) is 11.8 Å². The van der Waals surface area contributed by atoms with Gasteiger partial charge in [-0.25, -0.2) is 8.78 Å². The largest absolute Gasteiger partial charge is 0.487 e. The van der Waals surface area contributed by atoms with Gasteiger partial charge in [0.25, 0.3) is 0 Å². The van der Waals surface area contributed by atoms with E-state index in [0.717, 1.165) is 22.3 Å². The van der Waals surface area contributed by atoms with E-state index in [0.29, 0.717) is 40.8 Å². The monoisotopic (exact) mass is 623 g/mol. The predicted molar refractivity (Wildman–Crippen MR) is 154 cm³/mol. The number of Topliss-reactive ketones (excluding diaryl/α,β-unsaturated/α-hetero) is 1. The molecule has 0 aromatic heterocycles. The summed E-state index contributed by atoms with van der Waals surface area (Å²) in [4.78, 5) is 15.0. The Morgan fingerprint density at radius 3 is 2.60 bits per heavy atom. The quantitative estimate of drug-likeness (QED) is 0.312. The van der Waals surface area contributed by atoms with Gasteiger partial charge in [-0.15, -0.1) is 0 Å². The lowest BCUT2D eigenvalue weighted by Crippen LogP contribution is -2.39. The standard InChI is InChI=1S/C31H25BrClF2N3O2/c1-16-10-17(2)21(11-18(16)15-40-28-9-7-20(34)13-23(28)33)29-22(14-36)31(37)38(25-8-6-19(32)12-24(25)35)26-4-3-5-27(39)30(26)29/h6-13,29H,3-5,15,37H2,1-2H3. The molecular weight excluding hydrogens is 600 g/mol. The number of anilines is 1. The van der Waals surface area contributed by atoms with E-state index in [1.165, 1.54) is 29.2 Å². The van der Waals surface area contributed by atoms with Crippen molar-refractivity contribution < 1.29 is 18.3 Å². The van der Waals surface area contributed by atoms with Crippen LogP contribution in [0.5, 0.6) is 5.75 Å². The summed E-state index contributed by atoms with van der Waals surface area (Å²) in [6.45, 7) is 3.99. The number of ketones is 1. The number of allylic oxidation sites excluding steroid dienone is 3. The highest BCUT2D eigenvalue weighted by molar-refractivity contribution is 9.10. The molecule has 1 aliphatic carbocycles. The number of benzene rings is 3. The second-order valence-electron chi connectivity index (χ2n) is 9.91. The van der Waals surface area contributed by atoms with Crippen LogP contribution in [-0.4, -0.2) is 5.78 Å². The zero-order valence-electron chi connectivity index (χ0n) is 21.8. The van der Waals surface area contributed by atoms with Crippen molar-refractivity contribution in [2.24, 2.45) is 5.73 Å². The maximum absolute atomic E-state index is 15.2. The van der Waals surface area contributed by atoms with Crippen LogP contribution in [0.2, 0.25) is 5.02 Å². The summed E-state index contributed by atoms with van der Waals surface area (Å²) >= 11 is 9.43. The first-order valence-electron chi connectivity index (χ1n) is 12.7. The van der Waals surface area contributed by atoms with Gasteiger partial charge in [-0.1, -0.05) is 39.7 Å². The van der Waals surface area contributed by atoms with E-state index in [2.05, 4.69) is 22.0 Å². The smallest absolute Gasteiger partial charge is 0.161 e. The molecule has 0 bridgehead atoms. The predicted octanol–water partition coefficient (Wildman–Crippen LogP) is 7.88. The minimum Gasteiger partial charge on any atom is -0.487 e. The lowest BCUT2D eigenvalue weighted by atomic mass is 9.74. The molecule has 0 radical (unpaired) electrons. The van der Waals surface area contributed by atoms with Crippen molar-refractivity contribution in [2.75, 3.05) is 4.90 Å². The van der Waals surface area contributed by atoms with Crippen LogP contribution < -0.4 is 15.4 Å². The molecule has 1 atom stereocenters. The highest BCUT2D eigenvalue weighted by Gasteiger charge is 2.41. The second kappa shape index (κ2) is 11.1. The van der Waals surface area contributed by atoms with Gasteiger partial charge in [0, 0.05) is 22.2 Å². The van der Waals surface area contributed by atoms with Gasteiger partial charge in [-0.3, -0.25) is 9.69 Å². The van der Waals surface area contributed by atoms with E-state index in [1.54, 1.807) is 12.1 Å². The van der Waals surface area contributed by atoms with Gasteiger partial charge in [0.15, 0.2) is 5.78 Å². The average Bonchev–Trinajstić information content (AvgIpc) is 2.89. The Morgan fingerprint density at radius 1 is 1.12 bits per heavy atom. The molecule has 2 N–H and O–H groups in total. The number of rotatable bonds is 5. The Bertz CT molecular complexity index is 1660. The van der Waals surface area contributed by atoms with E-state index >= 15 is 4.39 Å². The molecule has 1 aliphatic heterocycles. The third kappa shape index (κ3) is 5.00. The Labute approximate surface area is 244 Å². The first-order valence-corrected chi connectivity index (χ1v) is 13.9. The topological polar surface area (TPSA) is 79.4 Å². The van der Waals surface area contributed by atoms with Crippen molar-refractivity contribution >= 4 is 39.0 Å². The van der Waals surface area contributed by atoms with Crippen molar-refractivity contribution in [2.45, 2.75) is 45.6 Å². The zero-order valence-corrected chi connectivity index (χ0v) is 24.2. The first kappa shape index (κ1) is 27.9. The van der Waals surface area contributed by atoms with Gasteiger partial charge in [0.2, 0.25) is 0 Å². The molecule has 0 amide bonds. The van der Waals surface area contributed by atoms with Crippen LogP contribution in [0.3, 0.4) is 0 Å². The average molecular weight is 625 g/mol. The van der Waals surface area contributed by atoms with Crippen LogP contribution in [0.1, 0.15) is 47.4 Å². The molecule has 5 rings (SSSR count). The summed E-state index contributed by atoms with van der Waals surface area (Å²) in [6, 6.07) is 14.6. The van der Waals surface area contributed by atoms with Crippen LogP contribution in [0.4, 0.5) is 14.5 Å². The summed E-state index contributed by atoms with van der Waals surface area (Å²) in [7, 11) is 0. The Kier molecular flexibility index (Phi) is 7.72. The Morgan fingerprint density at radius 2 is 1.90 bits per heavy atom. The third-order valence-corrected chi connectivity index (χ3v) is 8.17. The van der Waals surface area contributed by atoms with Gasteiger partial charge in [-0.05, 0) is 85.3 Å². The maximum Gasteiger partial charge on any atom is 0.161 e. The number of nitrogens with zero attached hydrogens (tertiary/aromatic N) is 2. The van der Waals surface area contributed by atoms with Crippen LogP contribution in [0.25, 0.3) is 0 Å². The molecule has 204 valence electrons. The van der Waals surface area contributed by atoms with Gasteiger partial charge in [0.1, 0.15) is 29.8 Å². The SMILES string of the molecule is Cc1cc(C)c(C2C(C#N)=C(N)N(c3ccc(Br)cc3F)C3=C2C(=O)CCC3)cc1COc1ccc(F)cc1Cl. The summed E-state index contributed by atoms with van der Waals surface area (Å²) in [5, 5.41) is 10.5. The fraction of sp³-hybridized carbons (Fsp3) is 0.226. The van der Waals surface area contributed by atoms with E-state index in [1.807, 2.05) is 26.0 Å². The fourth-order valence-electron chi connectivity index (χ4n) is 5.47. The van der Waals surface area contributed by atoms with Crippen molar-refractivity contribution in [3.63, 3.8) is 0 Å². The fourth-order valence-corrected chi connectivity index (χ4v) is 6.02. The van der Waals surface area contributed by atoms with Crippen molar-refractivity contribution in [1.82, 2.24) is 0 Å². The van der Waals surface area contributed by atoms with Gasteiger partial charge in [0.05, 0.1) is 28.3 Å². The van der Waals surface area contributed by atoms with E-state index in [4.69, 9.17) is 22.1 Å². The molecule has 5 nitrogen and oxygen atoms in total. The summed E-state index contributed by atoms with van der Waals surface area (Å²) < 4.78 is 35.1. The molecular formula is C31H25BrClF2N3O2. The molecule has 0 saturated heterocycles. The molecule has 3 aromatic carbocycles. The maximum atomic E-state index is 15.2. The second-order valence-corrected chi connectivity index (χ2v) is 11.2. The molecule has 9 heteroatoms. The van der Waals surface area contributed by atoms with Crippen LogP contribution in [0.15, 0.2) is 75.7 Å². The summed E-state index contributed by atoms with van der Waals surface area (Å²) in [5.74, 6) is -1.36. The van der Waals surface area contributed by atoms with Gasteiger partial charge >= 0.3 is 0 Å². The number of hydrogen-bond donors (Lipinski definition) is 1. The Hall–Kier alpha value is -3.67. The van der Waals surface area contributed by atoms with Crippen molar-refractivity contribution in [3.05, 3.63) is 115 Å². The zero-order chi connectivity index (χ0) is 28.7. The molecule has 2 aliphatic rings. The number of carbonyl (C=O) groups is 1. The molecule has 40 heavy (non-hydrogen) atoms. The minimum atomic E-state index is -0.712. The number of halogens is 4. The van der Waals surface area contributed by atoms with E-state index < -0.39 is 17.6 Å². The molecule has 0 spiro atoms. The number of nitrogens with two attached hydrogens (primary N) is 1. The number of hydrogen-bond acceptors (Lipinski definition) is 5. The highest BCUT2D eigenvalue weighted by atomic mass is 79.9. The Balaban J connectivity index is 1.63. The van der Waals surface area contributed by atoms with Crippen molar-refractivity contribution in [1.29, 1.82) is 5.26 Å². The molecule has 1 unspecified atom stereocenters. The molecule has 0 fully saturated rings. The highest BCUT2D eigenvalue weighted by Crippen LogP contribution is 2.48. The number of ether oxygens (including phenoxy) is 1. The first-order chi connectivity index (χ1) is 19.1. The number of nitriles is 1. The van der Waals surface area contributed by atoms with Gasteiger partial charge in [-0.2, -0.15) is 5.26 Å². The van der Waals surface area contributed by atoms with Crippen LogP contribution in [0, 0.1) is 36.8 Å². The summed E-state index contributed by atoms with van der Waals surface area (Å²) in [5.41, 5.74) is 11.4. The molecule has 3 aromatic rings. The lowest BCUT2D eigenvalue weighted by Gasteiger charge is -2.40. The molecule has 1 heterocycles. The minimum absolute atomic E-state index is 0.0927. The van der Waals surface area contributed by atoms with E-state index in [9.17, 15) is 14.4 Å². The summed E-state index contributed by atoms with van der Waals surface area (Å²) in [6.07, 6.45) is 1.43. The molecule has 0 saturated carbocycles. The van der Waals surface area contributed by atoms with Crippen LogP contribution in [-0.2, 0) is 11.4 Å². The number of aryl methyl sites for hydroxylation is 2. The normalized spacial score (nSPS) is 17.2. The van der Waals surface area contributed by atoms with E-state index in [-0.39, 0.29) is 34.5 Å². The van der Waals surface area contributed by atoms with Gasteiger partial charge < -0.3 is 10.5 Å². The lowest BCUT2D eigenvalue weighted by molar-refractivity contribution is -0.116. The van der Waals surface area contributed by atoms with Crippen LogP contribution >= 0.6 is 27.5 Å². The third-order valence-electron chi connectivity index (χ3n) is 7.38.